The third-order valence-electron chi connectivity index (χ3n) is 20.0. The molecule has 9 atom stereocenters. The molecule has 6 aromatic rings. The Labute approximate surface area is 677 Å². The highest BCUT2D eigenvalue weighted by atomic mass is 32.2. The van der Waals surface area contributed by atoms with E-state index >= 15 is 28.0 Å². The number of carboxylic acid groups (broad SMARTS) is 1. The maximum absolute atomic E-state index is 15.3. The Morgan fingerprint density at radius 1 is 0.655 bits per heavy atom. The van der Waals surface area contributed by atoms with Gasteiger partial charge in [-0.15, -0.1) is 0 Å². The molecule has 9 rings (SSSR count). The number of H-pyrrole nitrogens is 2. The number of thioether (sulfide) groups is 2. The number of hydrogen-bond donors (Lipinski definition) is 16. The van der Waals surface area contributed by atoms with Crippen molar-refractivity contribution in [3.05, 3.63) is 137 Å². The Balaban J connectivity index is 0.998. The van der Waals surface area contributed by atoms with Crippen LogP contribution in [-0.2, 0) is 107 Å². The van der Waals surface area contributed by atoms with Gasteiger partial charge in [-0.25, -0.2) is 8.78 Å². The Hall–Kier alpha value is -10.3. The van der Waals surface area contributed by atoms with Gasteiger partial charge < -0.3 is 103 Å². The van der Waals surface area contributed by atoms with Crippen molar-refractivity contribution in [2.45, 2.75) is 149 Å². The van der Waals surface area contributed by atoms with Crippen molar-refractivity contribution in [3.63, 3.8) is 0 Å². The number of carbonyl (C=O) groups is 12. The second-order valence-electron chi connectivity index (χ2n) is 28.8. The molecule has 1 unspecified atom stereocenters. The van der Waals surface area contributed by atoms with Gasteiger partial charge in [0.25, 0.3) is 0 Å². The van der Waals surface area contributed by atoms with Crippen LogP contribution in [0.3, 0.4) is 0 Å². The zero-order valence-electron chi connectivity index (χ0n) is 64.8. The first kappa shape index (κ1) is 89.6. The summed E-state index contributed by atoms with van der Waals surface area (Å²) in [6.45, 7) is 4.14. The lowest BCUT2D eigenvalue weighted by molar-refractivity contribution is -0.638. The number of amides is 11. The third kappa shape index (κ3) is 27.7. The first-order valence-electron chi connectivity index (χ1n) is 38.6. The number of rotatable bonds is 28. The van der Waals surface area contributed by atoms with Crippen molar-refractivity contribution in [3.8, 4) is 5.75 Å². The number of methoxy groups -OCH3 is 1. The van der Waals surface area contributed by atoms with Crippen molar-refractivity contribution >= 4 is 116 Å². The molecule has 2 bridgehead atoms. The van der Waals surface area contributed by atoms with Crippen LogP contribution in [0.2, 0.25) is 0 Å². The molecule has 4 aromatic carbocycles. The Morgan fingerprint density at radius 2 is 1.24 bits per heavy atom. The number of phenols is 1. The number of nitrogens with two attached hydrogens (primary N) is 2. The molecule has 2 saturated heterocycles. The standard InChI is InChI=1S/C79H103F2N15O18S2/c1-79-20-6-22-96(79)77(109)65(32-47-10-14-55(97)15-11-47)94-75(107)63(37-54-41-83-46-88-54)92-76(108)64(38-70(101)102)93-74(106)62(34-51-40-86-59-17-13-53(81)36-57(51)59)91-73(105)61(33-50-39-85-58-16-12-52(80)35-56(50)58)90-69(100)42-87-72(104)60(9-3-4-21-84-67(98)18-23-112-26-27-114-29-28-113-25-24-111-2)89-68(99)19-30-115-43-48-7-5-8-49(31-48)44-116-45-66(71(82)103)95-78(79)110/h5,7-8,10-17,31,35-36,39-40,54,60-66,83,85-86,88,97H,3-4,6,9,18-30,32-34,37-38,41-46H2,1-2H3,(H2,82,103)(H,84,98)(H,87,104)(H,89,99)(H,90,100)(H,91,105)(H,92,108)(H,93,106)(H,94,107)(H,95,110)(H,101,102)/p+1/t54?,60-,61-,62-,63-,64-,65-,66-,79-/m0/s1. The topological polar surface area (TPSA) is 480 Å². The van der Waals surface area contributed by atoms with Gasteiger partial charge in [0.15, 0.2) is 0 Å². The summed E-state index contributed by atoms with van der Waals surface area (Å²) in [6, 6.07) is 9.51. The number of aromatic amines is 2. The number of quaternary nitrogens is 1. The molecule has 11 amide bonds. The van der Waals surface area contributed by atoms with Gasteiger partial charge in [0.05, 0.1) is 71.8 Å². The summed E-state index contributed by atoms with van der Waals surface area (Å²) < 4.78 is 51.4. The molecule has 33 nitrogen and oxygen atoms in total. The number of fused-ring (bicyclic) bond motifs is 5. The summed E-state index contributed by atoms with van der Waals surface area (Å²) in [7, 11) is 1.58. The lowest BCUT2D eigenvalue weighted by Crippen LogP contribution is -2.82. The highest BCUT2D eigenvalue weighted by molar-refractivity contribution is 7.98. The first-order chi connectivity index (χ1) is 55.8. The molecular formula is C79H104F2N15O18S2+. The largest absolute Gasteiger partial charge is 0.508 e. The van der Waals surface area contributed by atoms with E-state index in [0.717, 1.165) is 11.1 Å². The van der Waals surface area contributed by atoms with Gasteiger partial charge in [0, 0.05) is 110 Å². The summed E-state index contributed by atoms with van der Waals surface area (Å²) >= 11 is 2.76. The van der Waals surface area contributed by atoms with Gasteiger partial charge in [-0.3, -0.25) is 62.9 Å². The number of nitrogens with one attached hydrogen (secondary N) is 12. The van der Waals surface area contributed by atoms with E-state index in [1.165, 1.54) is 108 Å². The number of hydrogen-bond acceptors (Lipinski definition) is 20. The predicted octanol–water partition coefficient (Wildman–Crippen LogP) is 0.338. The highest BCUT2D eigenvalue weighted by Crippen LogP contribution is 2.32. The number of carbonyl (C=O) groups excluding carboxylic acids is 11. The molecule has 3 aliphatic rings. The molecular weight excluding hydrogens is 1550 g/mol. The van der Waals surface area contributed by atoms with Gasteiger partial charge in [-0.2, -0.15) is 23.5 Å². The maximum atomic E-state index is 15.3. The number of aromatic nitrogens is 2. The number of halogens is 2. The van der Waals surface area contributed by atoms with Crippen LogP contribution >= 0.6 is 23.5 Å². The fourth-order valence-electron chi connectivity index (χ4n) is 13.8. The van der Waals surface area contributed by atoms with Crippen molar-refractivity contribution in [1.82, 2.24) is 68.0 Å². The van der Waals surface area contributed by atoms with Crippen molar-refractivity contribution in [1.29, 1.82) is 0 Å². The van der Waals surface area contributed by atoms with E-state index in [1.807, 2.05) is 29.6 Å². The van der Waals surface area contributed by atoms with Crippen LogP contribution in [0.5, 0.6) is 5.75 Å². The summed E-state index contributed by atoms with van der Waals surface area (Å²) in [4.78, 5) is 179. The zero-order valence-corrected chi connectivity index (χ0v) is 66.4. The van der Waals surface area contributed by atoms with Crippen molar-refractivity contribution in [2.24, 2.45) is 5.73 Å². The van der Waals surface area contributed by atoms with E-state index in [9.17, 15) is 48.6 Å². The van der Waals surface area contributed by atoms with Crippen LogP contribution in [0.4, 0.5) is 8.78 Å². The van der Waals surface area contributed by atoms with Gasteiger partial charge in [-0.05, 0) is 122 Å². The molecule has 0 aliphatic carbocycles. The van der Waals surface area contributed by atoms with Gasteiger partial charge in [-0.1, -0.05) is 36.4 Å². The van der Waals surface area contributed by atoms with Crippen LogP contribution in [0.1, 0.15) is 92.5 Å². The molecule has 0 radical (unpaired) electrons. The third-order valence-corrected chi connectivity index (χ3v) is 22.2. The predicted molar refractivity (Wildman–Crippen MR) is 425 cm³/mol. The summed E-state index contributed by atoms with van der Waals surface area (Å²) in [5.41, 5.74) is 7.91. The lowest BCUT2D eigenvalue weighted by atomic mass is 9.95. The van der Waals surface area contributed by atoms with Crippen LogP contribution in [0.25, 0.3) is 21.8 Å². The van der Waals surface area contributed by atoms with E-state index in [0.29, 0.717) is 110 Å². The van der Waals surface area contributed by atoms with E-state index in [1.54, 1.807) is 7.11 Å². The van der Waals surface area contributed by atoms with E-state index in [4.69, 9.17) is 24.7 Å². The molecule has 3 aliphatic heterocycles. The quantitative estimate of drug-likeness (QED) is 0.0294. The lowest BCUT2D eigenvalue weighted by Gasteiger charge is -2.37. The van der Waals surface area contributed by atoms with Crippen LogP contribution < -0.4 is 64.2 Å². The monoisotopic (exact) mass is 1650 g/mol. The normalized spacial score (nSPS) is 22.6. The molecule has 116 heavy (non-hydrogen) atoms. The number of aromatic hydroxyl groups is 1. The van der Waals surface area contributed by atoms with Crippen LogP contribution in [-0.4, -0.2) is 248 Å². The second kappa shape index (κ2) is 45.3. The minimum atomic E-state index is -2.03. The number of carboxylic acids is 1. The summed E-state index contributed by atoms with van der Waals surface area (Å²) in [5.74, 6) is -11.1. The van der Waals surface area contributed by atoms with E-state index < -0.39 is 156 Å². The minimum Gasteiger partial charge on any atom is -0.508 e. The van der Waals surface area contributed by atoms with Crippen molar-refractivity contribution < 1.29 is 101 Å². The second-order valence-corrected chi connectivity index (χ2v) is 30.9. The van der Waals surface area contributed by atoms with Crippen LogP contribution in [0, 0.1) is 11.6 Å². The number of primary amides is 1. The zero-order chi connectivity index (χ0) is 83.1. The van der Waals surface area contributed by atoms with Gasteiger partial charge >= 0.3 is 5.97 Å². The number of nitrogens with zero attached hydrogens (tertiary/aromatic N) is 1. The molecule has 0 spiro atoms. The van der Waals surface area contributed by atoms with Crippen LogP contribution in [0.15, 0.2) is 97.3 Å². The van der Waals surface area contributed by atoms with Gasteiger partial charge in [0.1, 0.15) is 71.9 Å². The smallest absolute Gasteiger partial charge is 0.305 e. The Bertz CT molecular complexity index is 4380. The summed E-state index contributed by atoms with van der Waals surface area (Å²) in [5, 5.41) is 50.5. The molecule has 18 N–H and O–H groups in total. The number of aliphatic carboxylic acids is 1. The minimum absolute atomic E-state index is 0.0226. The average Bonchev–Trinajstić information content (AvgIpc) is 1.59. The number of unbranched alkanes of at least 4 members (excludes halogenated alkanes) is 1. The Kier molecular flexibility index (Phi) is 35.0. The fraction of sp³-hybridized carbons (Fsp3) is 0.494. The maximum Gasteiger partial charge on any atom is 0.305 e. The number of phenolic OH excluding ortho intramolecular Hbond substituents is 1. The van der Waals surface area contributed by atoms with E-state index in [-0.39, 0.29) is 93.2 Å². The SMILES string of the molecule is COCCOCCOCCOCCC(=O)NCCCC[C@@H]1NC(=O)CCSCc2cccc(c2)CSC[C@@H](C(N)=O)NC(=O)[C@]2(C)CCCN2C(=O)[C@H](Cc2ccc(O)cc2)NC(=O)[C@H](CC2C[NH2+]CN2)NC(=O)[C@H](CC(=O)O)NC(=O)[C@H](Cc2c[nH]c3ccc(F)cc23)NC(=O)[C@H](Cc2c[nH]c3ccc(F)cc23)NC(=O)CNC1=O. The first-order valence-corrected chi connectivity index (χ1v) is 40.9. The molecule has 2 aromatic heterocycles. The highest BCUT2D eigenvalue weighted by Gasteiger charge is 2.49. The molecule has 5 heterocycles. The molecule has 37 heteroatoms. The number of ether oxygens (including phenoxy) is 4. The van der Waals surface area contributed by atoms with Crippen molar-refractivity contribution in [2.75, 3.05) is 97.7 Å². The number of benzene rings is 4. The fourth-order valence-corrected chi connectivity index (χ4v) is 15.7. The average molecular weight is 1650 g/mol. The Morgan fingerprint density at radius 3 is 1.87 bits per heavy atom. The van der Waals surface area contributed by atoms with Gasteiger partial charge in [0.2, 0.25) is 65.0 Å². The molecule has 628 valence electrons. The molecule has 0 saturated carbocycles. The van der Waals surface area contributed by atoms with E-state index in [2.05, 4.69) is 63.1 Å². The summed E-state index contributed by atoms with van der Waals surface area (Å²) in [6.07, 6.45) is 1.67. The molecule has 2 fully saturated rings.